The third-order valence-electron chi connectivity index (χ3n) is 4.94. The number of hydrogen-bond donors (Lipinski definition) is 1. The molecule has 0 aliphatic carbocycles. The molecule has 1 aliphatic rings. The first-order valence-corrected chi connectivity index (χ1v) is 9.62. The maximum Gasteiger partial charge on any atom is 0.261 e. The van der Waals surface area contributed by atoms with Crippen molar-refractivity contribution in [3.05, 3.63) is 101 Å². The van der Waals surface area contributed by atoms with Crippen LogP contribution in [0.3, 0.4) is 0 Å². The van der Waals surface area contributed by atoms with Gasteiger partial charge in [0, 0.05) is 11.3 Å². The number of hydrogen-bond acceptors (Lipinski definition) is 2. The van der Waals surface area contributed by atoms with Gasteiger partial charge >= 0.3 is 0 Å². The molecule has 1 aliphatic heterocycles. The zero-order valence-corrected chi connectivity index (χ0v) is 16.9. The molecule has 3 aromatic carbocycles. The number of halogens is 2. The quantitative estimate of drug-likeness (QED) is 0.569. The van der Waals surface area contributed by atoms with Gasteiger partial charge in [-0.2, -0.15) is 0 Å². The van der Waals surface area contributed by atoms with E-state index < -0.39 is 28.7 Å². The van der Waals surface area contributed by atoms with Crippen LogP contribution in [0.1, 0.15) is 40.9 Å². The second kappa shape index (κ2) is 7.41. The lowest BCUT2D eigenvalue weighted by atomic mass is 9.89. The van der Waals surface area contributed by atoms with Gasteiger partial charge in [-0.3, -0.25) is 4.79 Å². The predicted octanol–water partition coefficient (Wildman–Crippen LogP) is 6.13. The van der Waals surface area contributed by atoms with Crippen molar-refractivity contribution in [1.82, 2.24) is 0 Å². The number of aryl methyl sites for hydroxylation is 1. The van der Waals surface area contributed by atoms with Crippen LogP contribution in [0.4, 0.5) is 14.5 Å². The Balaban J connectivity index is 1.63. The van der Waals surface area contributed by atoms with Crippen molar-refractivity contribution in [3.8, 4) is 5.75 Å². The van der Waals surface area contributed by atoms with Crippen LogP contribution in [-0.2, 0) is 0 Å². The fraction of sp³-hybridized carbons (Fsp3) is 0.160. The largest absolute Gasteiger partial charge is 0.483 e. The Morgan fingerprint density at radius 1 is 0.967 bits per heavy atom. The first kappa shape index (κ1) is 19.8. The fourth-order valence-electron chi connectivity index (χ4n) is 3.56. The van der Waals surface area contributed by atoms with Gasteiger partial charge < -0.3 is 10.1 Å². The van der Waals surface area contributed by atoms with E-state index in [9.17, 15) is 13.6 Å². The summed E-state index contributed by atoms with van der Waals surface area (Å²) in [7, 11) is 0. The van der Waals surface area contributed by atoms with Crippen LogP contribution in [0.15, 0.2) is 66.7 Å². The molecule has 0 bridgehead atoms. The van der Waals surface area contributed by atoms with Gasteiger partial charge in [0.25, 0.3) is 5.91 Å². The average molecular weight is 405 g/mol. The Labute approximate surface area is 174 Å². The van der Waals surface area contributed by atoms with Gasteiger partial charge in [-0.25, -0.2) is 8.78 Å². The van der Waals surface area contributed by atoms with Crippen LogP contribution in [-0.4, -0.2) is 11.5 Å². The van der Waals surface area contributed by atoms with Gasteiger partial charge in [0.2, 0.25) is 0 Å². The minimum Gasteiger partial charge on any atom is -0.483 e. The zero-order chi connectivity index (χ0) is 21.5. The minimum atomic E-state index is -0.898. The smallest absolute Gasteiger partial charge is 0.261 e. The molecule has 3 nitrogen and oxygen atoms in total. The van der Waals surface area contributed by atoms with Crippen molar-refractivity contribution in [2.24, 2.45) is 0 Å². The lowest BCUT2D eigenvalue weighted by molar-refractivity contribution is 0.101. The first-order valence-electron chi connectivity index (χ1n) is 9.62. The van der Waals surface area contributed by atoms with Crippen molar-refractivity contribution >= 4 is 17.2 Å². The van der Waals surface area contributed by atoms with Crippen molar-refractivity contribution < 1.29 is 18.3 Å². The molecule has 0 unspecified atom stereocenters. The summed E-state index contributed by atoms with van der Waals surface area (Å²) < 4.78 is 33.8. The monoisotopic (exact) mass is 405 g/mol. The minimum absolute atomic E-state index is 0.447. The van der Waals surface area contributed by atoms with Crippen LogP contribution in [0.2, 0.25) is 0 Å². The Kier molecular flexibility index (Phi) is 4.90. The molecule has 0 atom stereocenters. The SMILES string of the molecule is Cc1ccc2c(c1)OC(C)(C)C=C2c1ccc(NC(=O)c2c(F)cccc2F)cc1. The molecule has 0 saturated heterocycles. The van der Waals surface area contributed by atoms with Crippen molar-refractivity contribution in [1.29, 1.82) is 0 Å². The highest BCUT2D eigenvalue weighted by molar-refractivity contribution is 6.04. The summed E-state index contributed by atoms with van der Waals surface area (Å²) in [5, 5.41) is 2.55. The molecular weight excluding hydrogens is 384 g/mol. The molecule has 0 spiro atoms. The van der Waals surface area contributed by atoms with Crippen molar-refractivity contribution in [2.45, 2.75) is 26.4 Å². The topological polar surface area (TPSA) is 38.3 Å². The summed E-state index contributed by atoms with van der Waals surface area (Å²) in [6.45, 7) is 6.01. The Morgan fingerprint density at radius 2 is 1.63 bits per heavy atom. The second-order valence-electron chi connectivity index (χ2n) is 7.89. The molecular formula is C25H21F2NO2. The van der Waals surface area contributed by atoms with Gasteiger partial charge in [0.15, 0.2) is 0 Å². The van der Waals surface area contributed by atoms with Gasteiger partial charge in [0.1, 0.15) is 28.5 Å². The van der Waals surface area contributed by atoms with Crippen LogP contribution >= 0.6 is 0 Å². The third-order valence-corrected chi connectivity index (χ3v) is 4.94. The fourth-order valence-corrected chi connectivity index (χ4v) is 3.56. The average Bonchev–Trinajstić information content (AvgIpc) is 2.67. The van der Waals surface area contributed by atoms with Gasteiger partial charge in [-0.1, -0.05) is 30.3 Å². The normalized spacial score (nSPS) is 14.4. The van der Waals surface area contributed by atoms with Crippen LogP contribution < -0.4 is 10.1 Å². The van der Waals surface area contributed by atoms with Crippen LogP contribution in [0, 0.1) is 18.6 Å². The highest BCUT2D eigenvalue weighted by Crippen LogP contribution is 2.40. The Bertz CT molecular complexity index is 1140. The molecule has 4 rings (SSSR count). The van der Waals surface area contributed by atoms with Gasteiger partial charge in [0.05, 0.1) is 0 Å². The van der Waals surface area contributed by atoms with Crippen molar-refractivity contribution in [3.63, 3.8) is 0 Å². The maximum absolute atomic E-state index is 13.8. The number of benzene rings is 3. The third kappa shape index (κ3) is 3.83. The van der Waals surface area contributed by atoms with E-state index in [-0.39, 0.29) is 0 Å². The predicted molar refractivity (Wildman–Crippen MR) is 114 cm³/mol. The summed E-state index contributed by atoms with van der Waals surface area (Å²) >= 11 is 0. The standard InChI is InChI=1S/C25H21F2NO2/c1-15-7-12-18-19(14-25(2,3)30-22(18)13-15)16-8-10-17(11-9-16)28-24(29)23-20(26)5-4-6-21(23)27/h4-14H,1-3H3,(H,28,29). The Hall–Kier alpha value is -3.47. The number of nitrogens with one attached hydrogen (secondary N) is 1. The number of anilines is 1. The molecule has 0 saturated carbocycles. The first-order chi connectivity index (χ1) is 14.2. The van der Waals surface area contributed by atoms with E-state index in [1.54, 1.807) is 12.1 Å². The lowest BCUT2D eigenvalue weighted by Gasteiger charge is -2.31. The molecule has 152 valence electrons. The number of rotatable bonds is 3. The highest BCUT2D eigenvalue weighted by atomic mass is 19.1. The van der Waals surface area contributed by atoms with E-state index in [0.29, 0.717) is 5.69 Å². The Morgan fingerprint density at radius 3 is 2.30 bits per heavy atom. The molecule has 5 heteroatoms. The van der Waals surface area contributed by atoms with Crippen LogP contribution in [0.5, 0.6) is 5.75 Å². The molecule has 1 amide bonds. The van der Waals surface area contributed by atoms with Gasteiger partial charge in [-0.15, -0.1) is 0 Å². The van der Waals surface area contributed by atoms with E-state index in [1.165, 1.54) is 6.07 Å². The summed E-state index contributed by atoms with van der Waals surface area (Å²) in [4.78, 5) is 12.3. The summed E-state index contributed by atoms with van der Waals surface area (Å²) in [5.74, 6) is -1.80. The highest BCUT2D eigenvalue weighted by Gasteiger charge is 2.27. The summed E-state index contributed by atoms with van der Waals surface area (Å²) in [5.41, 5.74) is 3.47. The van der Waals surface area contributed by atoms with E-state index >= 15 is 0 Å². The molecule has 0 fully saturated rings. The van der Waals surface area contributed by atoms with E-state index in [4.69, 9.17) is 4.74 Å². The number of ether oxygens (including phenoxy) is 1. The van der Waals surface area contributed by atoms with Crippen LogP contribution in [0.25, 0.3) is 5.57 Å². The molecule has 1 N–H and O–H groups in total. The molecule has 1 heterocycles. The molecule has 30 heavy (non-hydrogen) atoms. The number of carbonyl (C=O) groups is 1. The number of amides is 1. The van der Waals surface area contributed by atoms with E-state index in [1.807, 2.05) is 51.1 Å². The number of fused-ring (bicyclic) bond motifs is 1. The summed E-state index contributed by atoms with van der Waals surface area (Å²) in [6, 6.07) is 16.6. The molecule has 3 aromatic rings. The van der Waals surface area contributed by atoms with Gasteiger partial charge in [-0.05, 0) is 73.9 Å². The molecule has 0 radical (unpaired) electrons. The zero-order valence-electron chi connectivity index (χ0n) is 16.9. The molecule has 0 aromatic heterocycles. The maximum atomic E-state index is 13.8. The summed E-state index contributed by atoms with van der Waals surface area (Å²) in [6.07, 6.45) is 2.06. The van der Waals surface area contributed by atoms with E-state index in [0.717, 1.165) is 40.1 Å². The van der Waals surface area contributed by atoms with Crippen molar-refractivity contribution in [2.75, 3.05) is 5.32 Å². The van der Waals surface area contributed by atoms with E-state index in [2.05, 4.69) is 11.4 Å². The second-order valence-corrected chi connectivity index (χ2v) is 7.89. The lowest BCUT2D eigenvalue weighted by Crippen LogP contribution is -2.29. The number of carbonyl (C=O) groups excluding carboxylic acids is 1.